The fourth-order valence-corrected chi connectivity index (χ4v) is 2.20. The van der Waals surface area contributed by atoms with Gasteiger partial charge in [0.25, 0.3) is 0 Å². The van der Waals surface area contributed by atoms with Gasteiger partial charge in [0.15, 0.2) is 0 Å². The van der Waals surface area contributed by atoms with Crippen LogP contribution in [0.3, 0.4) is 0 Å². The topological polar surface area (TPSA) is 54.1 Å². The van der Waals surface area contributed by atoms with Gasteiger partial charge in [0.05, 0.1) is 24.2 Å². The molecular weight excluding hydrogens is 224 g/mol. The Morgan fingerprint density at radius 3 is 2.44 bits per heavy atom. The highest BCUT2D eigenvalue weighted by Crippen LogP contribution is 2.10. The van der Waals surface area contributed by atoms with Crippen LogP contribution in [0, 0.1) is 22.7 Å². The zero-order valence-corrected chi connectivity index (χ0v) is 10.3. The quantitative estimate of drug-likeness (QED) is 0.745. The second-order valence-electron chi connectivity index (χ2n) is 4.52. The van der Waals surface area contributed by atoms with Crippen LogP contribution in [0.2, 0.25) is 0 Å². The first-order valence-corrected chi connectivity index (χ1v) is 6.12. The molecule has 1 fully saturated rings. The first kappa shape index (κ1) is 12.6. The lowest BCUT2D eigenvalue weighted by molar-refractivity contribution is 0.138. The van der Waals surface area contributed by atoms with E-state index in [1.807, 2.05) is 18.2 Å². The molecule has 92 valence electrons. The van der Waals surface area contributed by atoms with Crippen molar-refractivity contribution < 1.29 is 0 Å². The minimum atomic E-state index is 0.526. The summed E-state index contributed by atoms with van der Waals surface area (Å²) in [5.41, 5.74) is 1.90. The number of benzene rings is 1. The second kappa shape index (κ2) is 6.16. The summed E-state index contributed by atoms with van der Waals surface area (Å²) in [6.07, 6.45) is 0. The van der Waals surface area contributed by atoms with Crippen molar-refractivity contribution in [3.63, 3.8) is 0 Å². The molecule has 0 unspecified atom stereocenters. The summed E-state index contributed by atoms with van der Waals surface area (Å²) in [7, 11) is 0. The van der Waals surface area contributed by atoms with Gasteiger partial charge in [-0.05, 0) is 17.7 Å². The Kier molecular flexibility index (Phi) is 4.30. The maximum absolute atomic E-state index is 8.86. The summed E-state index contributed by atoms with van der Waals surface area (Å²) in [6, 6.07) is 12.1. The van der Waals surface area contributed by atoms with Crippen LogP contribution in [0.15, 0.2) is 24.3 Å². The van der Waals surface area contributed by atoms with E-state index in [2.05, 4.69) is 28.0 Å². The molecule has 2 rings (SSSR count). The van der Waals surface area contributed by atoms with E-state index in [9.17, 15) is 0 Å². The van der Waals surface area contributed by atoms with Gasteiger partial charge in [0, 0.05) is 32.7 Å². The molecule has 1 saturated heterocycles. The molecule has 4 nitrogen and oxygen atoms in total. The molecule has 0 amide bonds. The first-order valence-electron chi connectivity index (χ1n) is 6.12. The Morgan fingerprint density at radius 2 is 1.78 bits per heavy atom. The lowest BCUT2D eigenvalue weighted by Crippen LogP contribution is -2.45. The van der Waals surface area contributed by atoms with Crippen molar-refractivity contribution in [2.24, 2.45) is 0 Å². The average Bonchev–Trinajstić information content (AvgIpc) is 2.42. The molecule has 18 heavy (non-hydrogen) atoms. The van der Waals surface area contributed by atoms with Crippen LogP contribution >= 0.6 is 0 Å². The molecule has 0 saturated carbocycles. The van der Waals surface area contributed by atoms with Gasteiger partial charge in [0.1, 0.15) is 0 Å². The van der Waals surface area contributed by atoms with Crippen molar-refractivity contribution in [3.05, 3.63) is 35.4 Å². The van der Waals surface area contributed by atoms with E-state index in [1.165, 1.54) is 5.56 Å². The number of nitriles is 2. The van der Waals surface area contributed by atoms with E-state index in [4.69, 9.17) is 10.5 Å². The van der Waals surface area contributed by atoms with Crippen LogP contribution < -0.4 is 0 Å². The first-order chi connectivity index (χ1) is 8.81. The molecule has 0 aromatic heterocycles. The third kappa shape index (κ3) is 3.30. The number of nitrogens with zero attached hydrogens (tertiary/aromatic N) is 4. The summed E-state index contributed by atoms with van der Waals surface area (Å²) in [5, 5.41) is 17.5. The Labute approximate surface area is 108 Å². The van der Waals surface area contributed by atoms with E-state index in [1.54, 1.807) is 0 Å². The van der Waals surface area contributed by atoms with Crippen molar-refractivity contribution in [3.8, 4) is 12.1 Å². The Balaban J connectivity index is 1.88. The molecule has 4 heteroatoms. The molecule has 0 aliphatic carbocycles. The van der Waals surface area contributed by atoms with Crippen LogP contribution in [0.25, 0.3) is 0 Å². The second-order valence-corrected chi connectivity index (χ2v) is 4.52. The molecule has 0 bridgehead atoms. The minimum Gasteiger partial charge on any atom is -0.297 e. The van der Waals surface area contributed by atoms with Gasteiger partial charge in [-0.25, -0.2) is 0 Å². The molecule has 1 aromatic rings. The van der Waals surface area contributed by atoms with E-state index in [0.717, 1.165) is 38.3 Å². The molecule has 1 aliphatic heterocycles. The van der Waals surface area contributed by atoms with E-state index in [-0.39, 0.29) is 0 Å². The number of hydrogen-bond acceptors (Lipinski definition) is 4. The van der Waals surface area contributed by atoms with Gasteiger partial charge in [-0.3, -0.25) is 9.80 Å². The third-order valence-corrected chi connectivity index (χ3v) is 3.22. The summed E-state index contributed by atoms with van der Waals surface area (Å²) in [4.78, 5) is 4.53. The Bertz CT molecular complexity index is 475. The van der Waals surface area contributed by atoms with Crippen LogP contribution in [-0.4, -0.2) is 42.5 Å². The van der Waals surface area contributed by atoms with Gasteiger partial charge in [-0.2, -0.15) is 10.5 Å². The summed E-state index contributed by atoms with van der Waals surface area (Å²) in [6.45, 7) is 5.28. The fourth-order valence-electron chi connectivity index (χ4n) is 2.20. The Morgan fingerprint density at radius 1 is 1.06 bits per heavy atom. The predicted octanol–water partition coefficient (Wildman–Crippen LogP) is 1.20. The zero-order valence-electron chi connectivity index (χ0n) is 10.3. The summed E-state index contributed by atoms with van der Waals surface area (Å²) < 4.78 is 0. The maximum atomic E-state index is 8.86. The number of rotatable bonds is 3. The highest BCUT2D eigenvalue weighted by Gasteiger charge is 2.16. The molecular formula is C14H16N4. The molecule has 1 aliphatic rings. The third-order valence-electron chi connectivity index (χ3n) is 3.22. The van der Waals surface area contributed by atoms with Gasteiger partial charge in [0.2, 0.25) is 0 Å². The van der Waals surface area contributed by atoms with Gasteiger partial charge < -0.3 is 0 Å². The Hall–Kier alpha value is -1.88. The SMILES string of the molecule is N#CCN1CCN(Cc2cccc(C#N)c2)CC1. The van der Waals surface area contributed by atoms with E-state index in [0.29, 0.717) is 6.54 Å². The van der Waals surface area contributed by atoms with E-state index < -0.39 is 0 Å². The van der Waals surface area contributed by atoms with Crippen LogP contribution in [0.5, 0.6) is 0 Å². The molecule has 1 heterocycles. The zero-order chi connectivity index (χ0) is 12.8. The van der Waals surface area contributed by atoms with Crippen molar-refractivity contribution in [1.29, 1.82) is 10.5 Å². The molecule has 0 atom stereocenters. The predicted molar refractivity (Wildman–Crippen MR) is 68.5 cm³/mol. The smallest absolute Gasteiger partial charge is 0.0991 e. The molecule has 1 aromatic carbocycles. The number of hydrogen-bond donors (Lipinski definition) is 0. The summed E-state index contributed by atoms with van der Waals surface area (Å²) in [5.74, 6) is 0. The monoisotopic (exact) mass is 240 g/mol. The van der Waals surface area contributed by atoms with E-state index >= 15 is 0 Å². The summed E-state index contributed by atoms with van der Waals surface area (Å²) >= 11 is 0. The lowest BCUT2D eigenvalue weighted by atomic mass is 10.1. The normalized spacial score (nSPS) is 17.0. The maximum Gasteiger partial charge on any atom is 0.0991 e. The van der Waals surface area contributed by atoms with Gasteiger partial charge in [-0.1, -0.05) is 12.1 Å². The van der Waals surface area contributed by atoms with Crippen molar-refractivity contribution in [2.45, 2.75) is 6.54 Å². The minimum absolute atomic E-state index is 0.526. The molecule has 0 N–H and O–H groups in total. The number of piperazine rings is 1. The van der Waals surface area contributed by atoms with Crippen molar-refractivity contribution in [2.75, 3.05) is 32.7 Å². The van der Waals surface area contributed by atoms with Crippen molar-refractivity contribution in [1.82, 2.24) is 9.80 Å². The van der Waals surface area contributed by atoms with Crippen LogP contribution in [0.4, 0.5) is 0 Å². The highest BCUT2D eigenvalue weighted by atomic mass is 15.3. The lowest BCUT2D eigenvalue weighted by Gasteiger charge is -2.33. The fraction of sp³-hybridized carbons (Fsp3) is 0.429. The average molecular weight is 240 g/mol. The van der Waals surface area contributed by atoms with Gasteiger partial charge in [-0.15, -0.1) is 0 Å². The standard InChI is InChI=1S/C14H16N4/c15-4-5-17-6-8-18(9-7-17)12-14-3-1-2-13(10-14)11-16/h1-3,10H,5-9,12H2. The largest absolute Gasteiger partial charge is 0.297 e. The highest BCUT2D eigenvalue weighted by molar-refractivity contribution is 5.32. The van der Waals surface area contributed by atoms with Crippen LogP contribution in [-0.2, 0) is 6.54 Å². The van der Waals surface area contributed by atoms with Crippen molar-refractivity contribution >= 4 is 0 Å². The molecule has 0 radical (unpaired) electrons. The van der Waals surface area contributed by atoms with Crippen LogP contribution in [0.1, 0.15) is 11.1 Å². The van der Waals surface area contributed by atoms with Gasteiger partial charge >= 0.3 is 0 Å². The molecule has 0 spiro atoms.